The van der Waals surface area contributed by atoms with Crippen LogP contribution in [0.5, 0.6) is 5.75 Å². The summed E-state index contributed by atoms with van der Waals surface area (Å²) in [7, 11) is 0. The molecule has 0 radical (unpaired) electrons. The van der Waals surface area contributed by atoms with Gasteiger partial charge in [0.05, 0.1) is 16.2 Å². The maximum absolute atomic E-state index is 12.6. The van der Waals surface area contributed by atoms with Crippen molar-refractivity contribution in [2.45, 2.75) is 44.5 Å². The molecule has 5 nitrogen and oxygen atoms in total. The number of nitrogens with one attached hydrogen (secondary N) is 1. The summed E-state index contributed by atoms with van der Waals surface area (Å²) in [6, 6.07) is 5.79. The predicted octanol–water partition coefficient (Wildman–Crippen LogP) is 4.10. The zero-order valence-electron chi connectivity index (χ0n) is 15.3. The smallest absolute Gasteiger partial charge is 0.406 e. The van der Waals surface area contributed by atoms with Gasteiger partial charge in [-0.15, -0.1) is 24.5 Å². The van der Waals surface area contributed by atoms with Crippen LogP contribution in [0.1, 0.15) is 35.5 Å². The van der Waals surface area contributed by atoms with Gasteiger partial charge in [0.1, 0.15) is 5.75 Å². The number of hydrogen-bond donors (Lipinski definition) is 1. The molecule has 0 spiro atoms. The first-order chi connectivity index (χ1) is 13.3. The highest BCUT2D eigenvalue weighted by Crippen LogP contribution is 2.35. The van der Waals surface area contributed by atoms with Crippen molar-refractivity contribution in [3.63, 3.8) is 0 Å². The molecule has 0 aliphatic carbocycles. The fourth-order valence-electron chi connectivity index (χ4n) is 3.29. The van der Waals surface area contributed by atoms with Crippen molar-refractivity contribution in [1.82, 2.24) is 10.3 Å². The molecule has 3 rings (SSSR count). The van der Waals surface area contributed by atoms with Crippen molar-refractivity contribution < 1.29 is 27.4 Å². The summed E-state index contributed by atoms with van der Waals surface area (Å²) in [5, 5.41) is 5.90. The minimum absolute atomic E-state index is 0.172. The molecule has 1 amide bonds. The number of carbonyl (C=O) groups excluding carboxylic acids is 1. The molecule has 1 saturated heterocycles. The minimum atomic E-state index is -4.77. The van der Waals surface area contributed by atoms with Crippen molar-refractivity contribution in [3.8, 4) is 5.75 Å². The van der Waals surface area contributed by atoms with E-state index in [2.05, 4.69) is 15.0 Å². The Labute approximate surface area is 164 Å². The van der Waals surface area contributed by atoms with Crippen LogP contribution < -0.4 is 10.1 Å². The van der Waals surface area contributed by atoms with E-state index in [0.29, 0.717) is 38.0 Å². The highest BCUT2D eigenvalue weighted by molar-refractivity contribution is 7.09. The van der Waals surface area contributed by atoms with E-state index in [0.717, 1.165) is 10.7 Å². The van der Waals surface area contributed by atoms with Crippen LogP contribution in [0.15, 0.2) is 29.6 Å². The number of rotatable bonds is 6. The number of thiazole rings is 1. The lowest BCUT2D eigenvalue weighted by Crippen LogP contribution is -2.49. The van der Waals surface area contributed by atoms with Gasteiger partial charge in [0.25, 0.3) is 0 Å². The highest BCUT2D eigenvalue weighted by atomic mass is 32.1. The number of hydrogen-bond acceptors (Lipinski definition) is 5. The monoisotopic (exact) mass is 414 g/mol. The summed E-state index contributed by atoms with van der Waals surface area (Å²) in [6.45, 7) is 2.73. The number of aryl methyl sites for hydroxylation is 2. The lowest BCUT2D eigenvalue weighted by molar-refractivity contribution is -0.274. The second-order valence-electron chi connectivity index (χ2n) is 6.68. The van der Waals surface area contributed by atoms with Crippen LogP contribution in [-0.2, 0) is 21.5 Å². The van der Waals surface area contributed by atoms with E-state index in [1.165, 1.54) is 29.5 Å². The van der Waals surface area contributed by atoms with E-state index in [9.17, 15) is 18.0 Å². The Morgan fingerprint density at radius 3 is 2.75 bits per heavy atom. The van der Waals surface area contributed by atoms with E-state index >= 15 is 0 Å². The van der Waals surface area contributed by atoms with Gasteiger partial charge in [-0.1, -0.05) is 12.1 Å². The first kappa shape index (κ1) is 20.6. The van der Waals surface area contributed by atoms with Crippen LogP contribution in [0.3, 0.4) is 0 Å². The molecule has 0 atom stereocenters. The van der Waals surface area contributed by atoms with E-state index in [-0.39, 0.29) is 18.1 Å². The first-order valence-corrected chi connectivity index (χ1v) is 9.80. The summed E-state index contributed by atoms with van der Waals surface area (Å²) in [5.41, 5.74) is 0.660. The third-order valence-corrected chi connectivity index (χ3v) is 5.44. The van der Waals surface area contributed by atoms with E-state index in [4.69, 9.17) is 4.74 Å². The summed E-state index contributed by atoms with van der Waals surface area (Å²) in [6.07, 6.45) is -3.05. The van der Waals surface area contributed by atoms with Crippen molar-refractivity contribution in [3.05, 3.63) is 45.9 Å². The Morgan fingerprint density at radius 1 is 1.36 bits per heavy atom. The van der Waals surface area contributed by atoms with Crippen LogP contribution in [0, 0.1) is 6.92 Å². The Morgan fingerprint density at radius 2 is 2.11 bits per heavy atom. The van der Waals surface area contributed by atoms with Crippen molar-refractivity contribution in [1.29, 1.82) is 0 Å². The van der Waals surface area contributed by atoms with Gasteiger partial charge in [0.2, 0.25) is 5.91 Å². The van der Waals surface area contributed by atoms with Crippen molar-refractivity contribution >= 4 is 17.2 Å². The highest BCUT2D eigenvalue weighted by Gasteiger charge is 2.37. The third-order valence-electron chi connectivity index (χ3n) is 4.62. The van der Waals surface area contributed by atoms with Crippen LogP contribution in [0.25, 0.3) is 0 Å². The van der Waals surface area contributed by atoms with Crippen molar-refractivity contribution in [2.24, 2.45) is 0 Å². The average molecular weight is 414 g/mol. The zero-order valence-corrected chi connectivity index (χ0v) is 16.2. The molecule has 1 fully saturated rings. The van der Waals surface area contributed by atoms with Crippen LogP contribution in [0.4, 0.5) is 13.2 Å². The average Bonchev–Trinajstić information content (AvgIpc) is 3.05. The summed E-state index contributed by atoms with van der Waals surface area (Å²) < 4.78 is 47.1. The Kier molecular flexibility index (Phi) is 6.24. The molecule has 1 aliphatic heterocycles. The molecule has 2 heterocycles. The lowest BCUT2D eigenvalue weighted by Gasteiger charge is -2.38. The second kappa shape index (κ2) is 8.48. The second-order valence-corrected chi connectivity index (χ2v) is 7.74. The molecule has 2 aromatic rings. The van der Waals surface area contributed by atoms with Crippen LogP contribution in [0.2, 0.25) is 0 Å². The molecule has 1 aromatic carbocycles. The molecular formula is C19H21F3N2O3S. The summed E-state index contributed by atoms with van der Waals surface area (Å²) >= 11 is 1.53. The maximum atomic E-state index is 12.6. The molecule has 0 bridgehead atoms. The van der Waals surface area contributed by atoms with Crippen molar-refractivity contribution in [2.75, 3.05) is 13.2 Å². The molecule has 1 aliphatic rings. The van der Waals surface area contributed by atoms with E-state index < -0.39 is 11.9 Å². The van der Waals surface area contributed by atoms with E-state index in [1.807, 2.05) is 12.3 Å². The minimum Gasteiger partial charge on any atom is -0.406 e. The van der Waals surface area contributed by atoms with Crippen LogP contribution >= 0.6 is 11.3 Å². The van der Waals surface area contributed by atoms with Gasteiger partial charge in [-0.3, -0.25) is 4.79 Å². The molecule has 1 N–H and O–H groups in total. The molecule has 28 heavy (non-hydrogen) atoms. The van der Waals surface area contributed by atoms with E-state index in [1.54, 1.807) is 6.07 Å². The molecule has 152 valence electrons. The van der Waals surface area contributed by atoms with Gasteiger partial charge in [-0.05, 0) is 43.9 Å². The SMILES string of the molecule is Cc1nc(CCC(=O)NC2(c3cccc(OC(F)(F)F)c3)CCOCC2)cs1. The normalized spacial score (nSPS) is 16.6. The number of benzene rings is 1. The van der Waals surface area contributed by atoms with Gasteiger partial charge >= 0.3 is 6.36 Å². The number of alkyl halides is 3. The topological polar surface area (TPSA) is 60.5 Å². The molecule has 0 unspecified atom stereocenters. The Balaban J connectivity index is 1.75. The summed E-state index contributed by atoms with van der Waals surface area (Å²) in [5.74, 6) is -0.474. The first-order valence-electron chi connectivity index (χ1n) is 8.92. The number of halogens is 3. The molecular weight excluding hydrogens is 393 g/mol. The summed E-state index contributed by atoms with van der Waals surface area (Å²) in [4.78, 5) is 16.9. The van der Waals surface area contributed by atoms with Gasteiger partial charge in [-0.2, -0.15) is 0 Å². The number of ether oxygens (including phenoxy) is 2. The number of aromatic nitrogens is 1. The number of amides is 1. The molecule has 0 saturated carbocycles. The van der Waals surface area contributed by atoms with Gasteiger partial charge in [-0.25, -0.2) is 4.98 Å². The van der Waals surface area contributed by atoms with Gasteiger partial charge in [0, 0.05) is 25.0 Å². The van der Waals surface area contributed by atoms with Crippen LogP contribution in [-0.4, -0.2) is 30.5 Å². The van der Waals surface area contributed by atoms with Gasteiger partial charge in [0.15, 0.2) is 0 Å². The Hall–Kier alpha value is -2.13. The predicted molar refractivity (Wildman–Crippen MR) is 98.2 cm³/mol. The fraction of sp³-hybridized carbons (Fsp3) is 0.474. The molecule has 9 heteroatoms. The van der Waals surface area contributed by atoms with Gasteiger partial charge < -0.3 is 14.8 Å². The largest absolute Gasteiger partial charge is 0.573 e. The fourth-order valence-corrected chi connectivity index (χ4v) is 3.94. The third kappa shape index (κ3) is 5.45. The lowest BCUT2D eigenvalue weighted by atomic mass is 9.82. The Bertz CT molecular complexity index is 817. The quantitative estimate of drug-likeness (QED) is 0.773. The maximum Gasteiger partial charge on any atom is 0.573 e. The molecule has 1 aromatic heterocycles. The number of carbonyl (C=O) groups is 1. The zero-order chi connectivity index (χ0) is 20.2. The number of nitrogens with zero attached hydrogens (tertiary/aromatic N) is 1. The standard InChI is InChI=1S/C19H21F3N2O3S/c1-13-23-15(12-28-13)5-6-17(25)24-18(7-9-26-10-8-18)14-3-2-4-16(11-14)27-19(20,21)22/h2-4,11-12H,5-10H2,1H3,(H,24,25).